The van der Waals surface area contributed by atoms with E-state index in [-0.39, 0.29) is 10.9 Å². The monoisotopic (exact) mass is 245 g/mol. The molecule has 0 nitrogen and oxygen atoms in total. The molecule has 78 valence electrons. The molecule has 0 amide bonds. The molecule has 0 spiro atoms. The van der Waals surface area contributed by atoms with Crippen molar-refractivity contribution in [2.24, 2.45) is 0 Å². The van der Waals surface area contributed by atoms with Crippen LogP contribution in [0.25, 0.3) is 0 Å². The van der Waals surface area contributed by atoms with Gasteiger partial charge < -0.3 is 0 Å². The highest BCUT2D eigenvalue weighted by Crippen LogP contribution is 2.45. The first-order chi connectivity index (χ1) is 7.90. The number of rotatable bonds is 1. The lowest BCUT2D eigenvalue weighted by Gasteiger charge is -2.15. The number of hydrogen-bond donors (Lipinski definition) is 0. The minimum absolute atomic E-state index is 0.0416. The lowest BCUT2D eigenvalue weighted by Crippen LogP contribution is -2.06. The van der Waals surface area contributed by atoms with Crippen LogP contribution in [0.15, 0.2) is 80.1 Å². The highest BCUT2D eigenvalue weighted by atomic mass is 32.2. The van der Waals surface area contributed by atoms with E-state index in [4.69, 9.17) is 0 Å². The largest absolute Gasteiger partial charge is 0.179 e. The quantitative estimate of drug-likeness (QED) is 0.532. The summed E-state index contributed by atoms with van der Waals surface area (Å²) >= 11 is 1.86. The van der Waals surface area contributed by atoms with Crippen molar-refractivity contribution in [1.29, 1.82) is 0 Å². The Bertz CT molecular complexity index is 500. The van der Waals surface area contributed by atoms with Crippen LogP contribution >= 0.6 is 11.8 Å². The topological polar surface area (TPSA) is 0 Å². The molecule has 0 aromatic heterocycles. The van der Waals surface area contributed by atoms with E-state index in [9.17, 15) is 0 Å². The smallest absolute Gasteiger partial charge is 0.0795 e. The average molecular weight is 245 g/mol. The molecule has 0 aliphatic carbocycles. The number of benzene rings is 2. The zero-order chi connectivity index (χ0) is 11.0. The van der Waals surface area contributed by atoms with Crippen LogP contribution in [-0.2, 0) is 10.9 Å². The van der Waals surface area contributed by atoms with Gasteiger partial charge in [0, 0.05) is 0 Å². The molecule has 0 saturated heterocycles. The van der Waals surface area contributed by atoms with Gasteiger partial charge >= 0.3 is 0 Å². The molecule has 2 aromatic carbocycles. The maximum atomic E-state index is 3.99. The molecule has 0 atom stereocenters. The molecule has 0 fully saturated rings. The van der Waals surface area contributed by atoms with Crippen molar-refractivity contribution in [3.63, 3.8) is 0 Å². The SMILES string of the molecule is [13CH2]=[13CH][S+]1c2ccccc2Sc2ccccc21. The fraction of sp³-hybridized carbons (Fsp3) is 0. The Morgan fingerprint density at radius 1 is 0.875 bits per heavy atom. The Kier molecular flexibility index (Phi) is 2.54. The molecule has 0 radical (unpaired) electrons. The Morgan fingerprint density at radius 2 is 1.38 bits per heavy atom. The van der Waals surface area contributed by atoms with Gasteiger partial charge in [-0.1, -0.05) is 42.6 Å². The summed E-state index contributed by atoms with van der Waals surface area (Å²) in [5.74, 6) is 0. The molecule has 0 unspecified atom stereocenters. The van der Waals surface area contributed by atoms with Crippen molar-refractivity contribution >= 4 is 22.7 Å². The molecule has 1 aliphatic heterocycles. The zero-order valence-electron chi connectivity index (χ0n) is 8.72. The van der Waals surface area contributed by atoms with Gasteiger partial charge in [-0.05, 0) is 24.3 Å². The third kappa shape index (κ3) is 1.49. The first-order valence-corrected chi connectivity index (χ1v) is 7.22. The summed E-state index contributed by atoms with van der Waals surface area (Å²) in [6.45, 7) is 3.99. The van der Waals surface area contributed by atoms with Crippen molar-refractivity contribution in [2.75, 3.05) is 0 Å². The lowest BCUT2D eigenvalue weighted by atomic mass is 10.3. The summed E-state index contributed by atoms with van der Waals surface area (Å²) < 4.78 is 0. The van der Waals surface area contributed by atoms with Crippen LogP contribution in [0.2, 0.25) is 0 Å². The van der Waals surface area contributed by atoms with Gasteiger partial charge in [-0.15, -0.1) is 0 Å². The standard InChI is InChI=1S/C14H11S2/c1-2-16-13-9-5-3-7-11(13)15-12-8-4-6-10-14(12)16/h2-10H,1H2/q+1/i1+1,2+1. The van der Waals surface area contributed by atoms with Gasteiger partial charge in [0.1, 0.15) is 5.41 Å². The van der Waals surface area contributed by atoms with Crippen LogP contribution in [0.3, 0.4) is 0 Å². The summed E-state index contributed by atoms with van der Waals surface area (Å²) in [6.07, 6.45) is 0. The van der Waals surface area contributed by atoms with Crippen LogP contribution in [0.4, 0.5) is 0 Å². The van der Waals surface area contributed by atoms with Gasteiger partial charge in [0.25, 0.3) is 0 Å². The Hall–Kier alpha value is -1.12. The molecule has 0 bridgehead atoms. The van der Waals surface area contributed by atoms with Gasteiger partial charge in [-0.25, -0.2) is 0 Å². The first kappa shape index (κ1) is 10.1. The van der Waals surface area contributed by atoms with Crippen molar-refractivity contribution in [3.05, 3.63) is 60.5 Å². The van der Waals surface area contributed by atoms with Crippen LogP contribution in [0, 0.1) is 0 Å². The Balaban J connectivity index is 2.23. The fourth-order valence-corrected chi connectivity index (χ4v) is 5.12. The average Bonchev–Trinajstić information content (AvgIpc) is 2.36. The minimum atomic E-state index is 0.0416. The van der Waals surface area contributed by atoms with Crippen molar-refractivity contribution in [3.8, 4) is 0 Å². The number of fused-ring (bicyclic) bond motifs is 2. The van der Waals surface area contributed by atoms with E-state index in [1.165, 1.54) is 19.6 Å². The summed E-state index contributed by atoms with van der Waals surface area (Å²) in [5, 5.41) is 2.07. The summed E-state index contributed by atoms with van der Waals surface area (Å²) in [4.78, 5) is 5.54. The highest BCUT2D eigenvalue weighted by Gasteiger charge is 2.33. The molecule has 0 saturated carbocycles. The van der Waals surface area contributed by atoms with Crippen LogP contribution in [0.1, 0.15) is 0 Å². The van der Waals surface area contributed by atoms with Gasteiger partial charge in [0.2, 0.25) is 0 Å². The van der Waals surface area contributed by atoms with E-state index in [0.29, 0.717) is 0 Å². The van der Waals surface area contributed by atoms with E-state index in [0.717, 1.165) is 0 Å². The van der Waals surface area contributed by atoms with Gasteiger partial charge in [0.05, 0.1) is 20.7 Å². The number of hydrogen-bond acceptors (Lipinski definition) is 1. The second-order valence-corrected chi connectivity index (χ2v) is 6.47. The Labute approximate surface area is 103 Å². The van der Waals surface area contributed by atoms with Crippen molar-refractivity contribution < 1.29 is 0 Å². The molecule has 3 rings (SSSR count). The van der Waals surface area contributed by atoms with Crippen molar-refractivity contribution in [1.82, 2.24) is 0 Å². The van der Waals surface area contributed by atoms with E-state index < -0.39 is 0 Å². The van der Waals surface area contributed by atoms with Crippen molar-refractivity contribution in [2.45, 2.75) is 19.6 Å². The molecule has 1 aliphatic rings. The van der Waals surface area contributed by atoms with Crippen LogP contribution < -0.4 is 0 Å². The predicted molar refractivity (Wildman–Crippen MR) is 71.1 cm³/mol. The summed E-state index contributed by atoms with van der Waals surface area (Å²) in [7, 11) is 0.0416. The zero-order valence-corrected chi connectivity index (χ0v) is 10.4. The van der Waals surface area contributed by atoms with Crippen LogP contribution in [0.5, 0.6) is 0 Å². The third-order valence-corrected chi connectivity index (χ3v) is 5.96. The fourth-order valence-electron chi connectivity index (χ4n) is 1.85. The van der Waals surface area contributed by atoms with E-state index >= 15 is 0 Å². The van der Waals surface area contributed by atoms with Gasteiger partial charge in [0.15, 0.2) is 9.79 Å². The second-order valence-electron chi connectivity index (χ2n) is 3.50. The van der Waals surface area contributed by atoms with E-state index in [1.807, 2.05) is 11.8 Å². The van der Waals surface area contributed by atoms with E-state index in [1.54, 1.807) is 0 Å². The maximum absolute atomic E-state index is 3.99. The normalized spacial score (nSPS) is 14.0. The maximum Gasteiger partial charge on any atom is 0.179 e. The molecule has 2 heteroatoms. The first-order valence-electron chi connectivity index (χ1n) is 5.12. The van der Waals surface area contributed by atoms with Gasteiger partial charge in [-0.3, -0.25) is 0 Å². The second kappa shape index (κ2) is 4.04. The lowest BCUT2D eigenvalue weighted by molar-refractivity contribution is 1.14. The molecule has 0 N–H and O–H groups in total. The van der Waals surface area contributed by atoms with Crippen LogP contribution in [-0.4, -0.2) is 0 Å². The van der Waals surface area contributed by atoms with E-state index in [2.05, 4.69) is 60.5 Å². The molecular formula is C14H11S2+. The highest BCUT2D eigenvalue weighted by molar-refractivity contribution is 8.05. The molecule has 16 heavy (non-hydrogen) atoms. The molecule has 1 heterocycles. The predicted octanol–water partition coefficient (Wildman–Crippen LogP) is 4.33. The van der Waals surface area contributed by atoms with Gasteiger partial charge in [-0.2, -0.15) is 0 Å². The molecule has 2 aromatic rings. The minimum Gasteiger partial charge on any atom is -0.0795 e. The Morgan fingerprint density at radius 3 is 1.88 bits per heavy atom. The third-order valence-electron chi connectivity index (χ3n) is 2.56. The molecular weight excluding hydrogens is 234 g/mol. The summed E-state index contributed by atoms with van der Waals surface area (Å²) in [6, 6.07) is 17.2. The summed E-state index contributed by atoms with van der Waals surface area (Å²) in [5.41, 5.74) is 0.